The van der Waals surface area contributed by atoms with E-state index in [1.165, 1.54) is 44.9 Å². The second-order valence-corrected chi connectivity index (χ2v) is 7.90. The first kappa shape index (κ1) is 14.1. The van der Waals surface area contributed by atoms with Crippen molar-refractivity contribution in [2.45, 2.75) is 44.9 Å². The molecule has 0 unspecified atom stereocenters. The van der Waals surface area contributed by atoms with Crippen LogP contribution >= 0.6 is 0 Å². The maximum atomic E-state index is 11.1. The number of benzene rings is 1. The Bertz CT molecular complexity index is 528. The van der Waals surface area contributed by atoms with E-state index >= 15 is 0 Å². The first-order valence-electron chi connectivity index (χ1n) is 8.65. The van der Waals surface area contributed by atoms with Gasteiger partial charge in [-0.3, -0.25) is 4.79 Å². The van der Waals surface area contributed by atoms with Gasteiger partial charge in [0.15, 0.2) is 0 Å². The Hall–Kier alpha value is -1.51. The molecule has 1 aromatic rings. The average Bonchev–Trinajstić information content (AvgIpc) is 2.46. The van der Waals surface area contributed by atoms with Gasteiger partial charge in [-0.15, -0.1) is 0 Å². The molecule has 0 heterocycles. The second kappa shape index (κ2) is 5.29. The van der Waals surface area contributed by atoms with Crippen LogP contribution < -0.4 is 10.5 Å². The summed E-state index contributed by atoms with van der Waals surface area (Å²) < 4.78 is 5.93. The molecule has 4 aliphatic carbocycles. The molecule has 3 heteroatoms. The van der Waals surface area contributed by atoms with Crippen molar-refractivity contribution in [2.24, 2.45) is 28.9 Å². The van der Waals surface area contributed by atoms with Gasteiger partial charge in [0.25, 0.3) is 0 Å². The number of amides is 1. The SMILES string of the molecule is NC(=O)c1ccc(OCCC23CC4CC(CC(C4)C2)C3)cc1. The number of nitrogens with two attached hydrogens (primary N) is 1. The van der Waals surface area contributed by atoms with Crippen LogP contribution in [0.25, 0.3) is 0 Å². The highest BCUT2D eigenvalue weighted by molar-refractivity contribution is 5.92. The molecule has 4 saturated carbocycles. The molecule has 0 aromatic heterocycles. The largest absolute Gasteiger partial charge is 0.494 e. The molecule has 1 aromatic carbocycles. The Labute approximate surface area is 132 Å². The van der Waals surface area contributed by atoms with E-state index in [9.17, 15) is 4.79 Å². The first-order valence-corrected chi connectivity index (χ1v) is 8.65. The van der Waals surface area contributed by atoms with Crippen molar-refractivity contribution in [2.75, 3.05) is 6.61 Å². The summed E-state index contributed by atoms with van der Waals surface area (Å²) in [4.78, 5) is 11.1. The number of carbonyl (C=O) groups excluding carboxylic acids is 1. The monoisotopic (exact) mass is 299 g/mol. The summed E-state index contributed by atoms with van der Waals surface area (Å²) in [6.45, 7) is 0.794. The molecule has 2 N–H and O–H groups in total. The first-order chi connectivity index (χ1) is 10.6. The fraction of sp³-hybridized carbons (Fsp3) is 0.632. The zero-order valence-corrected chi connectivity index (χ0v) is 13.1. The van der Waals surface area contributed by atoms with E-state index in [1.54, 1.807) is 12.1 Å². The number of carbonyl (C=O) groups is 1. The lowest BCUT2D eigenvalue weighted by Gasteiger charge is -2.57. The van der Waals surface area contributed by atoms with E-state index in [4.69, 9.17) is 10.5 Å². The quantitative estimate of drug-likeness (QED) is 0.899. The van der Waals surface area contributed by atoms with Gasteiger partial charge in [-0.2, -0.15) is 0 Å². The van der Waals surface area contributed by atoms with Crippen LogP contribution in [0.4, 0.5) is 0 Å². The Morgan fingerprint density at radius 2 is 1.59 bits per heavy atom. The van der Waals surface area contributed by atoms with Gasteiger partial charge in [-0.25, -0.2) is 0 Å². The average molecular weight is 299 g/mol. The molecule has 4 bridgehead atoms. The molecule has 22 heavy (non-hydrogen) atoms. The van der Waals surface area contributed by atoms with Crippen molar-refractivity contribution in [1.82, 2.24) is 0 Å². The number of hydrogen-bond acceptors (Lipinski definition) is 2. The van der Waals surface area contributed by atoms with Crippen LogP contribution in [0.3, 0.4) is 0 Å². The number of rotatable bonds is 5. The highest BCUT2D eigenvalue weighted by Gasteiger charge is 2.50. The molecule has 0 saturated heterocycles. The summed E-state index contributed by atoms with van der Waals surface area (Å²) in [7, 11) is 0. The van der Waals surface area contributed by atoms with Crippen molar-refractivity contribution in [3.63, 3.8) is 0 Å². The highest BCUT2D eigenvalue weighted by Crippen LogP contribution is 2.61. The second-order valence-electron chi connectivity index (χ2n) is 7.90. The van der Waals surface area contributed by atoms with Gasteiger partial charge in [0.1, 0.15) is 5.75 Å². The van der Waals surface area contributed by atoms with Gasteiger partial charge in [0.2, 0.25) is 5.91 Å². The zero-order chi connectivity index (χ0) is 15.2. The van der Waals surface area contributed by atoms with Crippen molar-refractivity contribution in [3.05, 3.63) is 29.8 Å². The molecular weight excluding hydrogens is 274 g/mol. The van der Waals surface area contributed by atoms with E-state index in [2.05, 4.69) is 0 Å². The summed E-state index contributed by atoms with van der Waals surface area (Å²) in [5.74, 6) is 3.46. The fourth-order valence-corrected chi connectivity index (χ4v) is 5.70. The maximum Gasteiger partial charge on any atom is 0.248 e. The number of primary amides is 1. The lowest BCUT2D eigenvalue weighted by Crippen LogP contribution is -2.46. The van der Waals surface area contributed by atoms with Crippen molar-refractivity contribution in [1.29, 1.82) is 0 Å². The van der Waals surface area contributed by atoms with Crippen LogP contribution in [0.5, 0.6) is 5.75 Å². The third-order valence-corrected chi connectivity index (χ3v) is 6.21. The molecule has 5 rings (SSSR count). The number of ether oxygens (including phenoxy) is 1. The molecule has 0 atom stereocenters. The molecule has 0 aliphatic heterocycles. The topological polar surface area (TPSA) is 52.3 Å². The third-order valence-electron chi connectivity index (χ3n) is 6.21. The summed E-state index contributed by atoms with van der Waals surface area (Å²) in [5, 5.41) is 0. The summed E-state index contributed by atoms with van der Waals surface area (Å²) in [6.07, 6.45) is 9.97. The molecule has 4 fully saturated rings. The normalized spacial score (nSPS) is 35.5. The standard InChI is InChI=1S/C19H25NO2/c20-18(21)16-1-3-17(4-2-16)22-6-5-19-10-13-7-14(11-19)9-15(8-13)12-19/h1-4,13-15H,5-12H2,(H2,20,21). The molecular formula is C19H25NO2. The van der Waals surface area contributed by atoms with E-state index in [0.29, 0.717) is 11.0 Å². The summed E-state index contributed by atoms with van der Waals surface area (Å²) in [6, 6.07) is 7.17. The molecule has 0 spiro atoms. The van der Waals surface area contributed by atoms with Crippen LogP contribution in [0.2, 0.25) is 0 Å². The van der Waals surface area contributed by atoms with Gasteiger partial charge in [0.05, 0.1) is 6.61 Å². The van der Waals surface area contributed by atoms with Gasteiger partial charge in [-0.05, 0) is 92.4 Å². The predicted molar refractivity (Wildman–Crippen MR) is 85.7 cm³/mol. The van der Waals surface area contributed by atoms with E-state index in [-0.39, 0.29) is 5.91 Å². The van der Waals surface area contributed by atoms with E-state index in [1.807, 2.05) is 12.1 Å². The Kier molecular flexibility index (Phi) is 3.39. The van der Waals surface area contributed by atoms with Crippen LogP contribution in [-0.4, -0.2) is 12.5 Å². The van der Waals surface area contributed by atoms with Crippen molar-refractivity contribution < 1.29 is 9.53 Å². The van der Waals surface area contributed by atoms with Crippen LogP contribution in [0, 0.1) is 23.2 Å². The van der Waals surface area contributed by atoms with Gasteiger partial charge >= 0.3 is 0 Å². The van der Waals surface area contributed by atoms with Crippen molar-refractivity contribution in [3.8, 4) is 5.75 Å². The zero-order valence-electron chi connectivity index (χ0n) is 13.1. The Morgan fingerprint density at radius 1 is 1.05 bits per heavy atom. The van der Waals surface area contributed by atoms with Crippen molar-refractivity contribution >= 4 is 5.91 Å². The third kappa shape index (κ3) is 2.62. The molecule has 3 nitrogen and oxygen atoms in total. The Balaban J connectivity index is 1.34. The predicted octanol–water partition coefficient (Wildman–Crippen LogP) is 3.77. The van der Waals surface area contributed by atoms with Crippen LogP contribution in [-0.2, 0) is 0 Å². The Morgan fingerprint density at radius 3 is 2.09 bits per heavy atom. The minimum atomic E-state index is -0.389. The fourth-order valence-electron chi connectivity index (χ4n) is 5.70. The molecule has 118 valence electrons. The van der Waals surface area contributed by atoms with Crippen LogP contribution in [0.1, 0.15) is 55.3 Å². The summed E-state index contributed by atoms with van der Waals surface area (Å²) in [5.41, 5.74) is 6.36. The lowest BCUT2D eigenvalue weighted by molar-refractivity contribution is -0.0622. The lowest BCUT2D eigenvalue weighted by atomic mass is 9.49. The molecule has 4 aliphatic rings. The minimum Gasteiger partial charge on any atom is -0.494 e. The van der Waals surface area contributed by atoms with Gasteiger partial charge in [0, 0.05) is 5.56 Å². The summed E-state index contributed by atoms with van der Waals surface area (Å²) >= 11 is 0. The van der Waals surface area contributed by atoms with Gasteiger partial charge in [-0.1, -0.05) is 0 Å². The smallest absolute Gasteiger partial charge is 0.248 e. The van der Waals surface area contributed by atoms with Gasteiger partial charge < -0.3 is 10.5 Å². The molecule has 0 radical (unpaired) electrons. The maximum absolute atomic E-state index is 11.1. The number of hydrogen-bond donors (Lipinski definition) is 1. The highest BCUT2D eigenvalue weighted by atomic mass is 16.5. The molecule has 1 amide bonds. The van der Waals surface area contributed by atoms with E-state index < -0.39 is 0 Å². The van der Waals surface area contributed by atoms with Crippen LogP contribution in [0.15, 0.2) is 24.3 Å². The minimum absolute atomic E-state index is 0.389. The van der Waals surface area contributed by atoms with E-state index in [0.717, 1.165) is 30.1 Å².